The van der Waals surface area contributed by atoms with Gasteiger partial charge in [-0.25, -0.2) is 4.79 Å². The maximum absolute atomic E-state index is 12.1. The molecular weight excluding hydrogens is 254 g/mol. The topological polar surface area (TPSA) is 58.6 Å². The number of rotatable bonds is 4. The molecular formula is C16H29NO3. The van der Waals surface area contributed by atoms with Crippen molar-refractivity contribution >= 4 is 6.09 Å². The molecule has 2 N–H and O–H groups in total. The average molecular weight is 283 g/mol. The van der Waals surface area contributed by atoms with E-state index >= 15 is 0 Å². The van der Waals surface area contributed by atoms with Gasteiger partial charge in [-0.05, 0) is 59.3 Å². The number of carbonyl (C=O) groups excluding carboxylic acids is 1. The third-order valence-electron chi connectivity index (χ3n) is 4.47. The fourth-order valence-corrected chi connectivity index (χ4v) is 3.05. The fourth-order valence-electron chi connectivity index (χ4n) is 3.05. The molecule has 0 aromatic heterocycles. The second-order valence-corrected chi connectivity index (χ2v) is 7.69. The van der Waals surface area contributed by atoms with Crippen LogP contribution in [0.2, 0.25) is 0 Å². The van der Waals surface area contributed by atoms with E-state index in [4.69, 9.17) is 4.74 Å². The minimum absolute atomic E-state index is 0.168. The first kappa shape index (κ1) is 15.6. The summed E-state index contributed by atoms with van der Waals surface area (Å²) in [4.78, 5) is 12.1. The van der Waals surface area contributed by atoms with Gasteiger partial charge in [0.15, 0.2) is 0 Å². The normalized spacial score (nSPS) is 24.0. The molecule has 4 heteroatoms. The lowest BCUT2D eigenvalue weighted by molar-refractivity contribution is 0.0384. The number of carbonyl (C=O) groups is 1. The van der Waals surface area contributed by atoms with Crippen LogP contribution in [0.4, 0.5) is 4.79 Å². The largest absolute Gasteiger partial charge is 0.444 e. The Labute approximate surface area is 122 Å². The van der Waals surface area contributed by atoms with Crippen molar-refractivity contribution < 1.29 is 14.6 Å². The van der Waals surface area contributed by atoms with Gasteiger partial charge in [0.2, 0.25) is 0 Å². The Morgan fingerprint density at radius 2 is 1.70 bits per heavy atom. The van der Waals surface area contributed by atoms with Gasteiger partial charge >= 0.3 is 6.09 Å². The lowest BCUT2D eigenvalue weighted by Gasteiger charge is -2.39. The van der Waals surface area contributed by atoms with Gasteiger partial charge in [-0.15, -0.1) is 0 Å². The van der Waals surface area contributed by atoms with Crippen LogP contribution in [0.3, 0.4) is 0 Å². The Morgan fingerprint density at radius 3 is 2.20 bits per heavy atom. The molecule has 2 aliphatic carbocycles. The van der Waals surface area contributed by atoms with E-state index in [0.29, 0.717) is 0 Å². The number of aliphatic hydroxyl groups is 1. The molecule has 0 atom stereocenters. The number of ether oxygens (including phenoxy) is 1. The molecule has 2 fully saturated rings. The molecule has 2 aliphatic rings. The van der Waals surface area contributed by atoms with Gasteiger partial charge < -0.3 is 15.2 Å². The first-order chi connectivity index (χ1) is 9.22. The van der Waals surface area contributed by atoms with Crippen LogP contribution in [0.5, 0.6) is 0 Å². The van der Waals surface area contributed by atoms with Crippen LogP contribution >= 0.6 is 0 Å². The van der Waals surface area contributed by atoms with Gasteiger partial charge in [0, 0.05) is 5.54 Å². The van der Waals surface area contributed by atoms with E-state index in [-0.39, 0.29) is 11.6 Å². The Bertz CT molecular complexity index is 349. The molecule has 4 nitrogen and oxygen atoms in total. The summed E-state index contributed by atoms with van der Waals surface area (Å²) in [6, 6.07) is 0. The average Bonchev–Trinajstić information content (AvgIpc) is 3.04. The monoisotopic (exact) mass is 283 g/mol. The lowest BCUT2D eigenvalue weighted by Crippen LogP contribution is -2.51. The number of alkyl carbamates (subject to hydrolysis) is 1. The highest BCUT2D eigenvalue weighted by molar-refractivity contribution is 5.68. The van der Waals surface area contributed by atoms with Crippen molar-refractivity contribution in [2.24, 2.45) is 0 Å². The fraction of sp³-hybridized carbons (Fsp3) is 0.938. The molecule has 116 valence electrons. The molecule has 0 heterocycles. The van der Waals surface area contributed by atoms with Gasteiger partial charge in [0.25, 0.3) is 0 Å². The minimum Gasteiger partial charge on any atom is -0.444 e. The highest BCUT2D eigenvalue weighted by Gasteiger charge is 2.43. The molecule has 2 rings (SSSR count). The molecule has 0 aromatic rings. The molecule has 1 amide bonds. The second kappa shape index (κ2) is 5.55. The van der Waals surface area contributed by atoms with E-state index in [1.54, 1.807) is 0 Å². The Hall–Kier alpha value is -0.770. The van der Waals surface area contributed by atoms with Crippen molar-refractivity contribution in [2.75, 3.05) is 0 Å². The molecule has 0 aliphatic heterocycles. The maximum atomic E-state index is 12.1. The Kier molecular flexibility index (Phi) is 4.33. The molecule has 0 unspecified atom stereocenters. The molecule has 20 heavy (non-hydrogen) atoms. The summed E-state index contributed by atoms with van der Waals surface area (Å²) in [5, 5.41) is 13.2. The van der Waals surface area contributed by atoms with Crippen molar-refractivity contribution in [1.82, 2.24) is 5.32 Å². The predicted molar refractivity (Wildman–Crippen MR) is 78.6 cm³/mol. The summed E-state index contributed by atoms with van der Waals surface area (Å²) < 4.78 is 5.40. The van der Waals surface area contributed by atoms with Crippen molar-refractivity contribution in [2.45, 2.75) is 95.3 Å². The first-order valence-electron chi connectivity index (χ1n) is 7.96. The van der Waals surface area contributed by atoms with Crippen LogP contribution in [0.15, 0.2) is 0 Å². The highest BCUT2D eigenvalue weighted by atomic mass is 16.6. The van der Waals surface area contributed by atoms with Crippen LogP contribution < -0.4 is 5.32 Å². The Balaban J connectivity index is 1.93. The van der Waals surface area contributed by atoms with Crippen LogP contribution in [0.25, 0.3) is 0 Å². The summed E-state index contributed by atoms with van der Waals surface area (Å²) in [6.45, 7) is 5.65. The van der Waals surface area contributed by atoms with E-state index in [0.717, 1.165) is 51.4 Å². The van der Waals surface area contributed by atoms with E-state index in [1.165, 1.54) is 6.42 Å². The smallest absolute Gasteiger partial charge is 0.408 e. The summed E-state index contributed by atoms with van der Waals surface area (Å²) in [5.41, 5.74) is -1.08. The van der Waals surface area contributed by atoms with Crippen molar-refractivity contribution in [1.29, 1.82) is 0 Å². The summed E-state index contributed by atoms with van der Waals surface area (Å²) >= 11 is 0. The van der Waals surface area contributed by atoms with Crippen molar-refractivity contribution in [3.8, 4) is 0 Å². The number of nitrogens with one attached hydrogen (secondary N) is 1. The molecule has 0 radical (unpaired) electrons. The van der Waals surface area contributed by atoms with Crippen LogP contribution in [-0.4, -0.2) is 27.9 Å². The lowest BCUT2D eigenvalue weighted by atomic mass is 9.78. The van der Waals surface area contributed by atoms with Gasteiger partial charge in [-0.1, -0.05) is 19.3 Å². The first-order valence-corrected chi connectivity index (χ1v) is 7.96. The molecule has 0 aromatic carbocycles. The number of hydrogen-bond acceptors (Lipinski definition) is 3. The van der Waals surface area contributed by atoms with Crippen molar-refractivity contribution in [3.05, 3.63) is 0 Å². The summed E-state index contributed by atoms with van der Waals surface area (Å²) in [7, 11) is 0. The predicted octanol–water partition coefficient (Wildman–Crippen LogP) is 3.52. The summed E-state index contributed by atoms with van der Waals surface area (Å²) in [5.74, 6) is 0. The molecule has 0 bridgehead atoms. The zero-order valence-corrected chi connectivity index (χ0v) is 13.1. The van der Waals surface area contributed by atoms with E-state index in [9.17, 15) is 9.90 Å². The standard InChI is InChI=1S/C16H29NO3/c1-14(2,3)20-13(18)17-15(7-5-4-6-8-15)9-10-16(19)11-12-16/h19H,4-12H2,1-3H3,(H,17,18). The molecule has 2 saturated carbocycles. The van der Waals surface area contributed by atoms with E-state index in [2.05, 4.69) is 5.32 Å². The van der Waals surface area contributed by atoms with Gasteiger partial charge in [0.05, 0.1) is 5.60 Å². The van der Waals surface area contributed by atoms with Crippen LogP contribution in [-0.2, 0) is 4.74 Å². The number of hydrogen-bond donors (Lipinski definition) is 2. The third-order valence-corrected chi connectivity index (χ3v) is 4.47. The Morgan fingerprint density at radius 1 is 1.10 bits per heavy atom. The van der Waals surface area contributed by atoms with E-state index in [1.807, 2.05) is 20.8 Å². The summed E-state index contributed by atoms with van der Waals surface area (Å²) in [6.07, 6.45) is 8.70. The quantitative estimate of drug-likeness (QED) is 0.830. The second-order valence-electron chi connectivity index (χ2n) is 7.69. The van der Waals surface area contributed by atoms with Crippen LogP contribution in [0.1, 0.15) is 78.6 Å². The van der Waals surface area contributed by atoms with Crippen LogP contribution in [0, 0.1) is 0 Å². The number of amides is 1. The minimum atomic E-state index is -0.464. The third kappa shape index (κ3) is 4.65. The van der Waals surface area contributed by atoms with Gasteiger partial charge in [0.1, 0.15) is 5.60 Å². The zero-order valence-electron chi connectivity index (χ0n) is 13.1. The zero-order chi connectivity index (χ0) is 14.9. The van der Waals surface area contributed by atoms with Gasteiger partial charge in [-0.3, -0.25) is 0 Å². The SMILES string of the molecule is CC(C)(C)OC(=O)NC1(CCC2(O)CC2)CCCCC1. The van der Waals surface area contributed by atoms with Crippen molar-refractivity contribution in [3.63, 3.8) is 0 Å². The molecule has 0 saturated heterocycles. The maximum Gasteiger partial charge on any atom is 0.408 e. The molecule has 0 spiro atoms. The van der Waals surface area contributed by atoms with E-state index < -0.39 is 11.2 Å². The van der Waals surface area contributed by atoms with Gasteiger partial charge in [-0.2, -0.15) is 0 Å². The highest BCUT2D eigenvalue weighted by Crippen LogP contribution is 2.43.